The number of nitrogens with zero attached hydrogens (tertiary/aromatic N) is 1. The van der Waals surface area contributed by atoms with Crippen molar-refractivity contribution in [3.8, 4) is 0 Å². The minimum Gasteiger partial charge on any atom is -0.248 e. The lowest BCUT2D eigenvalue weighted by Gasteiger charge is -2.09. The molecular weight excluding hydrogens is 189 g/mol. The monoisotopic (exact) mass is 203 g/mol. The fourth-order valence-corrected chi connectivity index (χ4v) is 2.51. The van der Waals surface area contributed by atoms with Gasteiger partial charge in [-0.1, -0.05) is 26.8 Å². The molecule has 14 heavy (non-hydrogen) atoms. The Morgan fingerprint density at radius 2 is 1.79 bits per heavy atom. The Morgan fingerprint density at radius 3 is 2.50 bits per heavy atom. The molecule has 1 atom stereocenters. The molecule has 1 aromatic carbocycles. The zero-order valence-corrected chi connectivity index (χ0v) is 9.76. The van der Waals surface area contributed by atoms with E-state index in [-0.39, 0.29) is 0 Å². The van der Waals surface area contributed by atoms with E-state index in [0.29, 0.717) is 0 Å². The van der Waals surface area contributed by atoms with Crippen molar-refractivity contribution in [1.82, 2.24) is 4.98 Å². The first kappa shape index (κ1) is 9.61. The maximum Gasteiger partial charge on any atom is 0.0712 e. The van der Waals surface area contributed by atoms with Crippen LogP contribution < -0.4 is 5.44 Å². The summed E-state index contributed by atoms with van der Waals surface area (Å²) in [5.74, 6) is 0. The normalized spacial score (nSPS) is 11.6. The molecule has 0 aliphatic carbocycles. The zero-order chi connectivity index (χ0) is 10.1. The Morgan fingerprint density at radius 1 is 1.07 bits per heavy atom. The van der Waals surface area contributed by atoms with E-state index in [1.807, 2.05) is 6.07 Å². The first-order valence-corrected chi connectivity index (χ1v) is 6.27. The highest BCUT2D eigenvalue weighted by Gasteiger charge is 2.05. The van der Waals surface area contributed by atoms with Gasteiger partial charge in [0.25, 0.3) is 0 Å². The summed E-state index contributed by atoms with van der Waals surface area (Å²) >= 11 is 0. The lowest BCUT2D eigenvalue weighted by atomic mass is 10.1. The molecule has 0 fully saturated rings. The summed E-state index contributed by atoms with van der Waals surface area (Å²) in [4.78, 5) is 4.67. The number of benzene rings is 1. The molecule has 1 heterocycles. The number of aryl methyl sites for hydroxylation is 1. The smallest absolute Gasteiger partial charge is 0.0712 e. The van der Waals surface area contributed by atoms with Crippen molar-refractivity contribution in [2.24, 2.45) is 0 Å². The van der Waals surface area contributed by atoms with Gasteiger partial charge in [-0.3, -0.25) is 0 Å². The van der Waals surface area contributed by atoms with E-state index in [2.05, 4.69) is 43.7 Å². The molecule has 0 amide bonds. The average Bonchev–Trinajstić information content (AvgIpc) is 2.23. The number of aromatic nitrogens is 1. The molecule has 0 aliphatic heterocycles. The van der Waals surface area contributed by atoms with E-state index in [1.54, 1.807) is 0 Å². The average molecular weight is 203 g/mol. The predicted octanol–water partition coefficient (Wildman–Crippen LogP) is 2.79. The molecule has 0 N–H and O–H groups in total. The second kappa shape index (κ2) is 3.67. The minimum absolute atomic E-state index is 0.777. The van der Waals surface area contributed by atoms with E-state index >= 15 is 0 Å². The van der Waals surface area contributed by atoms with Crippen LogP contribution in [0.15, 0.2) is 24.3 Å². The van der Waals surface area contributed by atoms with Gasteiger partial charge in [0.1, 0.15) is 0 Å². The van der Waals surface area contributed by atoms with E-state index in [4.69, 9.17) is 0 Å². The summed E-state index contributed by atoms with van der Waals surface area (Å²) in [6.07, 6.45) is 0. The summed E-state index contributed by atoms with van der Waals surface area (Å²) in [7, 11) is 0.777. The van der Waals surface area contributed by atoms with Gasteiger partial charge in [0.15, 0.2) is 0 Å². The topological polar surface area (TPSA) is 12.9 Å². The summed E-state index contributed by atoms with van der Waals surface area (Å²) in [6.45, 7) is 6.53. The quantitative estimate of drug-likeness (QED) is 0.649. The van der Waals surface area contributed by atoms with E-state index in [1.165, 1.54) is 21.9 Å². The first-order valence-electron chi connectivity index (χ1n) is 4.77. The summed E-state index contributed by atoms with van der Waals surface area (Å²) in [6, 6.07) is 8.36. The molecular formula is C12H14NP. The maximum absolute atomic E-state index is 4.67. The molecule has 0 saturated carbocycles. The Bertz CT molecular complexity index is 477. The van der Waals surface area contributed by atoms with Gasteiger partial charge in [0.2, 0.25) is 0 Å². The van der Waals surface area contributed by atoms with Crippen molar-refractivity contribution in [2.45, 2.75) is 13.8 Å². The number of fused-ring (bicyclic) bond motifs is 1. The van der Waals surface area contributed by atoms with Gasteiger partial charge < -0.3 is 0 Å². The van der Waals surface area contributed by atoms with Crippen molar-refractivity contribution in [2.75, 3.05) is 6.66 Å². The molecule has 2 rings (SSSR count). The van der Waals surface area contributed by atoms with Gasteiger partial charge in [-0.15, -0.1) is 0 Å². The molecule has 2 heteroatoms. The van der Waals surface area contributed by atoms with Crippen LogP contribution in [0.2, 0.25) is 0 Å². The summed E-state index contributed by atoms with van der Waals surface area (Å²) in [5, 5.41) is 1.28. The van der Waals surface area contributed by atoms with Gasteiger partial charge in [0, 0.05) is 5.39 Å². The van der Waals surface area contributed by atoms with E-state index in [0.717, 1.165) is 14.1 Å². The molecule has 1 unspecified atom stereocenters. The minimum atomic E-state index is 0.777. The second-order valence-electron chi connectivity index (χ2n) is 3.48. The number of pyridine rings is 1. The molecule has 2 aromatic rings. The summed E-state index contributed by atoms with van der Waals surface area (Å²) in [5.41, 5.74) is 5.10. The summed E-state index contributed by atoms with van der Waals surface area (Å²) < 4.78 is 0. The lowest BCUT2D eigenvalue weighted by molar-refractivity contribution is 1.33. The standard InChI is InChI=1S/C12H14NP/c1-8-9(2)12(14-3)13-11-7-5-4-6-10(8)11/h4-7,14H,1-3H3. The first-order chi connectivity index (χ1) is 6.74. The van der Waals surface area contributed by atoms with Crippen molar-refractivity contribution in [3.63, 3.8) is 0 Å². The highest BCUT2D eigenvalue weighted by atomic mass is 31.1. The van der Waals surface area contributed by atoms with Crippen LogP contribution in [0.4, 0.5) is 0 Å². The molecule has 0 radical (unpaired) electrons. The highest BCUT2D eigenvalue weighted by molar-refractivity contribution is 7.46. The number of rotatable bonds is 1. The van der Waals surface area contributed by atoms with Crippen molar-refractivity contribution >= 4 is 24.9 Å². The molecule has 0 bridgehead atoms. The van der Waals surface area contributed by atoms with Crippen molar-refractivity contribution in [1.29, 1.82) is 0 Å². The fraction of sp³-hybridized carbons (Fsp3) is 0.250. The van der Waals surface area contributed by atoms with E-state index < -0.39 is 0 Å². The van der Waals surface area contributed by atoms with Crippen molar-refractivity contribution in [3.05, 3.63) is 35.4 Å². The van der Waals surface area contributed by atoms with Crippen molar-refractivity contribution < 1.29 is 0 Å². The number of hydrogen-bond acceptors (Lipinski definition) is 1. The highest BCUT2D eigenvalue weighted by Crippen LogP contribution is 2.20. The van der Waals surface area contributed by atoms with Crippen LogP contribution in [-0.4, -0.2) is 11.6 Å². The van der Waals surface area contributed by atoms with Gasteiger partial charge in [-0.25, -0.2) is 4.98 Å². The predicted molar refractivity (Wildman–Crippen MR) is 65.1 cm³/mol. The molecule has 0 aliphatic rings. The zero-order valence-electron chi connectivity index (χ0n) is 8.76. The Balaban J connectivity index is 2.85. The molecule has 72 valence electrons. The fourth-order valence-electron chi connectivity index (χ4n) is 1.72. The molecule has 1 aromatic heterocycles. The van der Waals surface area contributed by atoms with Crippen LogP contribution in [0.3, 0.4) is 0 Å². The Hall–Kier alpha value is -0.940. The largest absolute Gasteiger partial charge is 0.248 e. The van der Waals surface area contributed by atoms with Crippen LogP contribution >= 0.6 is 8.58 Å². The molecule has 1 nitrogen and oxygen atoms in total. The van der Waals surface area contributed by atoms with Gasteiger partial charge in [-0.2, -0.15) is 0 Å². The van der Waals surface area contributed by atoms with Gasteiger partial charge in [0.05, 0.1) is 11.0 Å². The van der Waals surface area contributed by atoms with Crippen LogP contribution in [0.25, 0.3) is 10.9 Å². The van der Waals surface area contributed by atoms with Gasteiger partial charge >= 0.3 is 0 Å². The third kappa shape index (κ3) is 1.42. The van der Waals surface area contributed by atoms with Crippen LogP contribution in [0, 0.1) is 13.8 Å². The van der Waals surface area contributed by atoms with Gasteiger partial charge in [-0.05, 0) is 37.7 Å². The van der Waals surface area contributed by atoms with Crippen LogP contribution in [0.5, 0.6) is 0 Å². The van der Waals surface area contributed by atoms with Crippen LogP contribution in [0.1, 0.15) is 11.1 Å². The second-order valence-corrected chi connectivity index (χ2v) is 4.45. The van der Waals surface area contributed by atoms with Crippen LogP contribution in [-0.2, 0) is 0 Å². The number of hydrogen-bond donors (Lipinski definition) is 0. The Kier molecular flexibility index (Phi) is 2.52. The maximum atomic E-state index is 4.67. The van der Waals surface area contributed by atoms with E-state index in [9.17, 15) is 0 Å². The number of para-hydroxylation sites is 1. The Labute approximate surface area is 86.3 Å². The molecule has 0 saturated heterocycles. The molecule has 0 spiro atoms. The SMILES string of the molecule is CPc1nc2ccccc2c(C)c1C. The lowest BCUT2D eigenvalue weighted by Crippen LogP contribution is -2.08. The third-order valence-electron chi connectivity index (χ3n) is 2.69. The third-order valence-corrected chi connectivity index (χ3v) is 3.66.